The van der Waals surface area contributed by atoms with Crippen molar-refractivity contribution in [1.29, 1.82) is 0 Å². The predicted molar refractivity (Wildman–Crippen MR) is 80.6 cm³/mol. The van der Waals surface area contributed by atoms with E-state index in [2.05, 4.69) is 43.1 Å². The number of hydrogen-bond acceptors (Lipinski definition) is 2. The van der Waals surface area contributed by atoms with Gasteiger partial charge in [-0.15, -0.1) is 0 Å². The number of aryl methyl sites for hydroxylation is 3. The summed E-state index contributed by atoms with van der Waals surface area (Å²) in [5, 5.41) is 3.50. The molecule has 0 spiro atoms. The summed E-state index contributed by atoms with van der Waals surface area (Å²) in [6.07, 6.45) is 2.18. The summed E-state index contributed by atoms with van der Waals surface area (Å²) >= 11 is 0. The van der Waals surface area contributed by atoms with E-state index in [1.165, 1.54) is 22.3 Å². The van der Waals surface area contributed by atoms with Gasteiger partial charge in [-0.2, -0.15) is 0 Å². The fraction of sp³-hybridized carbons (Fsp3) is 0.588. The third-order valence-corrected chi connectivity index (χ3v) is 4.82. The molecule has 2 aliphatic heterocycles. The van der Waals surface area contributed by atoms with E-state index in [9.17, 15) is 4.79 Å². The highest BCUT2D eigenvalue weighted by Crippen LogP contribution is 2.29. The van der Waals surface area contributed by atoms with Crippen LogP contribution in [-0.4, -0.2) is 29.9 Å². The summed E-state index contributed by atoms with van der Waals surface area (Å²) in [5.41, 5.74) is 5.23. The lowest BCUT2D eigenvalue weighted by Crippen LogP contribution is -2.41. The molecule has 0 aliphatic carbocycles. The van der Waals surface area contributed by atoms with Crippen molar-refractivity contribution in [3.8, 4) is 0 Å². The highest BCUT2D eigenvalue weighted by atomic mass is 16.2. The third-order valence-electron chi connectivity index (χ3n) is 4.82. The zero-order chi connectivity index (χ0) is 14.3. The Bertz CT molecular complexity index is 515. The van der Waals surface area contributed by atoms with Gasteiger partial charge in [0.1, 0.15) is 0 Å². The number of nitrogens with one attached hydrogen (secondary N) is 1. The third kappa shape index (κ3) is 2.35. The van der Waals surface area contributed by atoms with Gasteiger partial charge in [-0.3, -0.25) is 4.79 Å². The van der Waals surface area contributed by atoms with Crippen LogP contribution in [0.4, 0.5) is 0 Å². The van der Waals surface area contributed by atoms with Crippen molar-refractivity contribution in [3.63, 3.8) is 0 Å². The molecule has 0 bridgehead atoms. The smallest absolute Gasteiger partial charge is 0.227 e. The minimum atomic E-state index is 0.217. The summed E-state index contributed by atoms with van der Waals surface area (Å²) < 4.78 is 0. The summed E-state index contributed by atoms with van der Waals surface area (Å²) in [4.78, 5) is 14.6. The van der Waals surface area contributed by atoms with Gasteiger partial charge < -0.3 is 10.2 Å². The number of hydrogen-bond donors (Lipinski definition) is 1. The van der Waals surface area contributed by atoms with Gasteiger partial charge in [0.2, 0.25) is 5.91 Å². The van der Waals surface area contributed by atoms with Crippen LogP contribution in [0, 0.1) is 26.7 Å². The Labute approximate surface area is 121 Å². The minimum Gasteiger partial charge on any atom is -0.336 e. The Kier molecular flexibility index (Phi) is 3.55. The Morgan fingerprint density at radius 2 is 1.95 bits per heavy atom. The average molecular weight is 272 g/mol. The molecule has 2 unspecified atom stereocenters. The van der Waals surface area contributed by atoms with E-state index in [-0.39, 0.29) is 5.92 Å². The van der Waals surface area contributed by atoms with Crippen LogP contribution in [0.5, 0.6) is 0 Å². The van der Waals surface area contributed by atoms with Crippen LogP contribution < -0.4 is 5.32 Å². The second kappa shape index (κ2) is 5.21. The van der Waals surface area contributed by atoms with E-state index in [1.807, 2.05) is 0 Å². The molecule has 3 rings (SSSR count). The van der Waals surface area contributed by atoms with Gasteiger partial charge in [-0.05, 0) is 56.8 Å². The van der Waals surface area contributed by atoms with E-state index in [4.69, 9.17) is 0 Å². The summed E-state index contributed by atoms with van der Waals surface area (Å²) in [7, 11) is 0. The summed E-state index contributed by atoms with van der Waals surface area (Å²) in [6.45, 7) is 9.14. The molecular weight excluding hydrogens is 248 g/mol. The van der Waals surface area contributed by atoms with Gasteiger partial charge in [-0.1, -0.05) is 17.7 Å². The fourth-order valence-electron chi connectivity index (χ4n) is 3.79. The molecule has 3 nitrogen and oxygen atoms in total. The van der Waals surface area contributed by atoms with Gasteiger partial charge in [0.15, 0.2) is 0 Å². The molecule has 0 saturated carbocycles. The maximum Gasteiger partial charge on any atom is 0.227 e. The van der Waals surface area contributed by atoms with Crippen molar-refractivity contribution in [3.05, 3.63) is 34.4 Å². The molecule has 1 aromatic carbocycles. The minimum absolute atomic E-state index is 0.217. The quantitative estimate of drug-likeness (QED) is 0.896. The molecule has 0 radical (unpaired) electrons. The van der Waals surface area contributed by atoms with Crippen LogP contribution in [0.2, 0.25) is 0 Å². The number of fused-ring (bicyclic) bond motifs is 1. The maximum atomic E-state index is 12.5. The van der Waals surface area contributed by atoms with Gasteiger partial charge in [0.05, 0.1) is 5.92 Å². The SMILES string of the molecule is Cc1cc(C)c(CN2CC3NCCCC3C2=O)c(C)c1. The number of nitrogens with zero attached hydrogens (tertiary/aromatic N) is 1. The molecule has 0 aromatic heterocycles. The van der Waals surface area contributed by atoms with E-state index >= 15 is 0 Å². The number of carbonyl (C=O) groups excluding carboxylic acids is 1. The molecule has 1 amide bonds. The second-order valence-electron chi connectivity index (χ2n) is 6.41. The fourth-order valence-corrected chi connectivity index (χ4v) is 3.79. The Balaban J connectivity index is 1.80. The van der Waals surface area contributed by atoms with E-state index in [1.54, 1.807) is 0 Å². The lowest BCUT2D eigenvalue weighted by molar-refractivity contribution is -0.131. The average Bonchev–Trinajstić information content (AvgIpc) is 2.71. The first-order valence-electron chi connectivity index (χ1n) is 7.65. The van der Waals surface area contributed by atoms with Crippen molar-refractivity contribution in [1.82, 2.24) is 10.2 Å². The Morgan fingerprint density at radius 1 is 1.25 bits per heavy atom. The zero-order valence-corrected chi connectivity index (χ0v) is 12.7. The molecule has 1 N–H and O–H groups in total. The van der Waals surface area contributed by atoms with Gasteiger partial charge in [0.25, 0.3) is 0 Å². The molecule has 2 atom stereocenters. The van der Waals surface area contributed by atoms with Crippen LogP contribution in [0.3, 0.4) is 0 Å². The van der Waals surface area contributed by atoms with Crippen molar-refractivity contribution < 1.29 is 4.79 Å². The predicted octanol–water partition coefficient (Wildman–Crippen LogP) is 2.32. The highest BCUT2D eigenvalue weighted by molar-refractivity contribution is 5.82. The largest absolute Gasteiger partial charge is 0.336 e. The van der Waals surface area contributed by atoms with E-state index in [0.29, 0.717) is 11.9 Å². The van der Waals surface area contributed by atoms with Gasteiger partial charge >= 0.3 is 0 Å². The number of amides is 1. The Hall–Kier alpha value is -1.35. The van der Waals surface area contributed by atoms with Crippen LogP contribution >= 0.6 is 0 Å². The van der Waals surface area contributed by atoms with E-state index in [0.717, 1.165) is 32.5 Å². The first-order valence-corrected chi connectivity index (χ1v) is 7.65. The molecule has 20 heavy (non-hydrogen) atoms. The zero-order valence-electron chi connectivity index (χ0n) is 12.7. The lowest BCUT2D eigenvalue weighted by Gasteiger charge is -2.23. The Morgan fingerprint density at radius 3 is 2.60 bits per heavy atom. The van der Waals surface area contributed by atoms with E-state index < -0.39 is 0 Å². The highest BCUT2D eigenvalue weighted by Gasteiger charge is 2.41. The number of carbonyl (C=O) groups is 1. The second-order valence-corrected chi connectivity index (χ2v) is 6.41. The normalized spacial score (nSPS) is 25.9. The number of piperidine rings is 1. The van der Waals surface area contributed by atoms with Gasteiger partial charge in [0, 0.05) is 19.1 Å². The van der Waals surface area contributed by atoms with Crippen molar-refractivity contribution in [2.24, 2.45) is 5.92 Å². The standard InChI is InChI=1S/C17H24N2O/c1-11-7-12(2)15(13(3)8-11)9-19-10-16-14(17(19)20)5-4-6-18-16/h7-8,14,16,18H,4-6,9-10H2,1-3H3. The molecule has 2 aliphatic rings. The monoisotopic (exact) mass is 272 g/mol. The molecular formula is C17H24N2O. The van der Waals surface area contributed by atoms with Crippen molar-refractivity contribution in [2.75, 3.05) is 13.1 Å². The maximum absolute atomic E-state index is 12.5. The van der Waals surface area contributed by atoms with Crippen LogP contribution in [0.25, 0.3) is 0 Å². The summed E-state index contributed by atoms with van der Waals surface area (Å²) in [5.74, 6) is 0.566. The molecule has 2 fully saturated rings. The van der Waals surface area contributed by atoms with Crippen LogP contribution in [0.15, 0.2) is 12.1 Å². The summed E-state index contributed by atoms with van der Waals surface area (Å²) in [6, 6.07) is 4.81. The van der Waals surface area contributed by atoms with Crippen LogP contribution in [0.1, 0.15) is 35.1 Å². The van der Waals surface area contributed by atoms with Crippen LogP contribution in [-0.2, 0) is 11.3 Å². The molecule has 2 heterocycles. The number of benzene rings is 1. The van der Waals surface area contributed by atoms with Gasteiger partial charge in [-0.25, -0.2) is 0 Å². The number of rotatable bonds is 2. The molecule has 108 valence electrons. The molecule has 2 saturated heterocycles. The first-order chi connectivity index (χ1) is 9.56. The molecule has 3 heteroatoms. The number of likely N-dealkylation sites (tertiary alicyclic amines) is 1. The van der Waals surface area contributed by atoms with Crippen molar-refractivity contribution in [2.45, 2.75) is 46.2 Å². The lowest BCUT2D eigenvalue weighted by atomic mass is 9.94. The first kappa shape index (κ1) is 13.6. The molecule has 1 aromatic rings. The topological polar surface area (TPSA) is 32.3 Å². The van der Waals surface area contributed by atoms with Crippen molar-refractivity contribution >= 4 is 5.91 Å².